The number of carbonyl (C=O) groups excluding carboxylic acids is 3. The molecule has 0 bridgehead atoms. The Morgan fingerprint density at radius 1 is 0.857 bits per heavy atom. The lowest BCUT2D eigenvalue weighted by molar-refractivity contribution is -0.115. The summed E-state index contributed by atoms with van der Waals surface area (Å²) in [5, 5.41) is 8.18. The molecule has 0 saturated carbocycles. The SMILES string of the molecule is CCOc1ccccc1/C=C(/NC(=O)c1ccccc1)C(=O)Nc1cccc(SC(C)C(=O)Nc2ccc(I)cc2)c1. The van der Waals surface area contributed by atoms with Gasteiger partial charge in [0.1, 0.15) is 11.4 Å². The topological polar surface area (TPSA) is 96.5 Å². The van der Waals surface area contributed by atoms with Crippen molar-refractivity contribution in [1.29, 1.82) is 0 Å². The molecule has 3 N–H and O–H groups in total. The van der Waals surface area contributed by atoms with E-state index in [9.17, 15) is 14.4 Å². The van der Waals surface area contributed by atoms with Crippen LogP contribution >= 0.6 is 34.4 Å². The minimum absolute atomic E-state index is 0.0549. The van der Waals surface area contributed by atoms with Gasteiger partial charge in [0.05, 0.1) is 11.9 Å². The Hall–Kier alpha value is -4.09. The van der Waals surface area contributed by atoms with Crippen molar-refractivity contribution in [2.24, 2.45) is 0 Å². The van der Waals surface area contributed by atoms with Crippen LogP contribution in [-0.2, 0) is 9.59 Å². The molecule has 3 amide bonds. The zero-order chi connectivity index (χ0) is 29.9. The second kappa shape index (κ2) is 15.2. The third-order valence-electron chi connectivity index (χ3n) is 5.93. The molecule has 1 unspecified atom stereocenters. The van der Waals surface area contributed by atoms with E-state index in [1.807, 2.05) is 68.4 Å². The number of halogens is 1. The Morgan fingerprint density at radius 3 is 2.31 bits per heavy atom. The molecule has 0 aliphatic heterocycles. The van der Waals surface area contributed by atoms with Gasteiger partial charge in [0.2, 0.25) is 5.91 Å². The molecule has 0 fully saturated rings. The lowest BCUT2D eigenvalue weighted by Gasteiger charge is -2.15. The Morgan fingerprint density at radius 2 is 1.57 bits per heavy atom. The highest BCUT2D eigenvalue weighted by atomic mass is 127. The van der Waals surface area contributed by atoms with Crippen LogP contribution in [0.1, 0.15) is 29.8 Å². The van der Waals surface area contributed by atoms with Gasteiger partial charge in [-0.2, -0.15) is 0 Å². The molecule has 0 heterocycles. The molecule has 0 spiro atoms. The summed E-state index contributed by atoms with van der Waals surface area (Å²) in [5.41, 5.74) is 2.38. The number of thioether (sulfide) groups is 1. The first-order valence-corrected chi connectivity index (χ1v) is 15.2. The molecule has 4 rings (SSSR count). The van der Waals surface area contributed by atoms with Gasteiger partial charge in [-0.25, -0.2) is 0 Å². The van der Waals surface area contributed by atoms with Crippen molar-refractivity contribution in [3.63, 3.8) is 0 Å². The van der Waals surface area contributed by atoms with E-state index in [0.29, 0.717) is 29.2 Å². The first-order valence-electron chi connectivity index (χ1n) is 13.3. The number of hydrogen-bond donors (Lipinski definition) is 3. The number of rotatable bonds is 11. The van der Waals surface area contributed by atoms with Gasteiger partial charge in [-0.3, -0.25) is 14.4 Å². The molecule has 4 aromatic carbocycles. The third-order valence-corrected chi connectivity index (χ3v) is 7.75. The summed E-state index contributed by atoms with van der Waals surface area (Å²) in [6.07, 6.45) is 1.59. The van der Waals surface area contributed by atoms with Crippen LogP contribution in [0.2, 0.25) is 0 Å². The normalized spacial score (nSPS) is 11.7. The Bertz CT molecular complexity index is 1580. The van der Waals surface area contributed by atoms with Gasteiger partial charge in [0, 0.05) is 31.0 Å². The number of carbonyl (C=O) groups is 3. The van der Waals surface area contributed by atoms with Gasteiger partial charge in [-0.05, 0) is 103 Å². The highest BCUT2D eigenvalue weighted by molar-refractivity contribution is 14.1. The monoisotopic (exact) mass is 691 g/mol. The van der Waals surface area contributed by atoms with Gasteiger partial charge in [0.15, 0.2) is 0 Å². The van der Waals surface area contributed by atoms with Gasteiger partial charge in [-0.15, -0.1) is 11.8 Å². The molecular weight excluding hydrogens is 661 g/mol. The smallest absolute Gasteiger partial charge is 0.272 e. The number of hydrogen-bond acceptors (Lipinski definition) is 5. The summed E-state index contributed by atoms with van der Waals surface area (Å²) in [7, 11) is 0. The van der Waals surface area contributed by atoms with Gasteiger partial charge >= 0.3 is 0 Å². The van der Waals surface area contributed by atoms with Crippen LogP contribution in [0.25, 0.3) is 6.08 Å². The first kappa shape index (κ1) is 30.9. The highest BCUT2D eigenvalue weighted by Gasteiger charge is 2.18. The van der Waals surface area contributed by atoms with Crippen LogP contribution in [0.5, 0.6) is 5.75 Å². The molecule has 214 valence electrons. The largest absolute Gasteiger partial charge is 0.493 e. The second-order valence-electron chi connectivity index (χ2n) is 9.09. The number of amides is 3. The quantitative estimate of drug-likeness (QED) is 0.0878. The van der Waals surface area contributed by atoms with Crippen LogP contribution in [0.3, 0.4) is 0 Å². The number of nitrogens with one attached hydrogen (secondary N) is 3. The average molecular weight is 692 g/mol. The molecule has 42 heavy (non-hydrogen) atoms. The molecule has 0 aromatic heterocycles. The first-order chi connectivity index (χ1) is 20.3. The summed E-state index contributed by atoms with van der Waals surface area (Å²) in [6, 6.07) is 30.8. The lowest BCUT2D eigenvalue weighted by atomic mass is 10.1. The fourth-order valence-corrected chi connectivity index (χ4v) is 5.15. The predicted octanol–water partition coefficient (Wildman–Crippen LogP) is 7.22. The summed E-state index contributed by atoms with van der Waals surface area (Å²) in [5.74, 6) is -0.451. The minimum Gasteiger partial charge on any atom is -0.493 e. The van der Waals surface area contributed by atoms with Gasteiger partial charge in [-0.1, -0.05) is 42.5 Å². The maximum atomic E-state index is 13.5. The van der Waals surface area contributed by atoms with Crippen molar-refractivity contribution in [3.05, 3.63) is 124 Å². The van der Waals surface area contributed by atoms with Crippen LogP contribution in [-0.4, -0.2) is 29.6 Å². The maximum Gasteiger partial charge on any atom is 0.272 e. The Labute approximate surface area is 263 Å². The second-order valence-corrected chi connectivity index (χ2v) is 11.7. The lowest BCUT2D eigenvalue weighted by Crippen LogP contribution is -2.30. The van der Waals surface area contributed by atoms with E-state index >= 15 is 0 Å². The number of ether oxygens (including phenoxy) is 1. The van der Waals surface area contributed by atoms with Crippen LogP contribution in [0.15, 0.2) is 114 Å². The number of para-hydroxylation sites is 1. The maximum absolute atomic E-state index is 13.5. The van der Waals surface area contributed by atoms with Crippen LogP contribution in [0, 0.1) is 3.57 Å². The average Bonchev–Trinajstić information content (AvgIpc) is 2.99. The summed E-state index contributed by atoms with van der Waals surface area (Å²) in [4.78, 5) is 40.1. The molecule has 7 nitrogen and oxygen atoms in total. The van der Waals surface area contributed by atoms with Crippen molar-refractivity contribution < 1.29 is 19.1 Å². The van der Waals surface area contributed by atoms with Crippen LogP contribution in [0.4, 0.5) is 11.4 Å². The summed E-state index contributed by atoms with van der Waals surface area (Å²) >= 11 is 3.59. The molecule has 0 aliphatic rings. The van der Waals surface area contributed by atoms with Crippen molar-refractivity contribution in [2.75, 3.05) is 17.2 Å². The molecule has 9 heteroatoms. The molecule has 0 radical (unpaired) electrons. The fraction of sp³-hybridized carbons (Fsp3) is 0.121. The van der Waals surface area contributed by atoms with E-state index in [-0.39, 0.29) is 16.9 Å². The zero-order valence-electron chi connectivity index (χ0n) is 23.1. The summed E-state index contributed by atoms with van der Waals surface area (Å²) < 4.78 is 6.80. The fourth-order valence-electron chi connectivity index (χ4n) is 3.86. The van der Waals surface area contributed by atoms with E-state index in [2.05, 4.69) is 38.5 Å². The Balaban J connectivity index is 1.51. The molecule has 4 aromatic rings. The van der Waals surface area contributed by atoms with Crippen LogP contribution < -0.4 is 20.7 Å². The van der Waals surface area contributed by atoms with Crippen molar-refractivity contribution >= 4 is 69.5 Å². The third kappa shape index (κ3) is 8.95. The predicted molar refractivity (Wildman–Crippen MR) is 178 cm³/mol. The van der Waals surface area contributed by atoms with E-state index in [4.69, 9.17) is 4.74 Å². The minimum atomic E-state index is -0.503. The van der Waals surface area contributed by atoms with Crippen molar-refractivity contribution in [3.8, 4) is 5.75 Å². The van der Waals surface area contributed by atoms with E-state index < -0.39 is 11.8 Å². The number of anilines is 2. The Kier molecular flexibility index (Phi) is 11.2. The van der Waals surface area contributed by atoms with Gasteiger partial charge < -0.3 is 20.7 Å². The van der Waals surface area contributed by atoms with Crippen molar-refractivity contribution in [2.45, 2.75) is 24.0 Å². The van der Waals surface area contributed by atoms with E-state index in [0.717, 1.165) is 14.2 Å². The summed E-state index contributed by atoms with van der Waals surface area (Å²) in [6.45, 7) is 4.16. The zero-order valence-corrected chi connectivity index (χ0v) is 26.1. The standard InChI is InChI=1S/C33H30IN3O4S/c1-3-41-30-15-8-7-12-24(30)20-29(37-32(39)23-10-5-4-6-11-23)33(40)36-27-13-9-14-28(21-27)42-22(2)31(38)35-26-18-16-25(34)17-19-26/h4-22H,3H2,1-2H3,(H,35,38)(H,36,40)(H,37,39)/b29-20+. The molecular formula is C33H30IN3O4S. The van der Waals surface area contributed by atoms with Gasteiger partial charge in [0.25, 0.3) is 11.8 Å². The van der Waals surface area contributed by atoms with Crippen molar-refractivity contribution in [1.82, 2.24) is 5.32 Å². The van der Waals surface area contributed by atoms with E-state index in [1.54, 1.807) is 54.6 Å². The molecule has 0 saturated heterocycles. The highest BCUT2D eigenvalue weighted by Crippen LogP contribution is 2.27. The number of benzene rings is 4. The molecule has 1 atom stereocenters. The van der Waals surface area contributed by atoms with E-state index in [1.165, 1.54) is 11.8 Å². The molecule has 0 aliphatic carbocycles.